The van der Waals surface area contributed by atoms with E-state index in [1.807, 2.05) is 37.5 Å². The molecular formula is C62H83AlLiN3O8. The summed E-state index contributed by atoms with van der Waals surface area (Å²) >= 11 is 0. The van der Waals surface area contributed by atoms with Crippen LogP contribution in [0.5, 0.6) is 0 Å². The Morgan fingerprint density at radius 2 is 1.12 bits per heavy atom. The minimum absolute atomic E-state index is 0. The number of benzene rings is 3. The van der Waals surface area contributed by atoms with E-state index in [-0.39, 0.29) is 56.1 Å². The molecule has 75 heavy (non-hydrogen) atoms. The van der Waals surface area contributed by atoms with Gasteiger partial charge in [-0.25, -0.2) is 0 Å². The molecule has 0 radical (unpaired) electrons. The van der Waals surface area contributed by atoms with Gasteiger partial charge in [0.25, 0.3) is 0 Å². The van der Waals surface area contributed by atoms with Crippen molar-refractivity contribution in [3.63, 3.8) is 0 Å². The maximum absolute atomic E-state index is 12.9. The van der Waals surface area contributed by atoms with Gasteiger partial charge in [0.15, 0.2) is 17.4 Å². The largest absolute Gasteiger partial charge is 1.00 e. The summed E-state index contributed by atoms with van der Waals surface area (Å²) in [5, 5.41) is 11.9. The quantitative estimate of drug-likeness (QED) is 0.105. The van der Waals surface area contributed by atoms with Gasteiger partial charge in [-0.15, -0.1) is 0 Å². The standard InChI is InChI=1S/C20H25NO2.C20H27NO.C11H10O3.C10H17N.CO2.Al.Li.4H/c1-3-15-9-14-5-7-18(15)21(11-14)20(22)10-16-12-23-19-8-13(2)4-6-17(16)19;1-3-16-11-15-5-7-19(16)21(12-15)9-8-17-13-22-20-10-14(2)4-6-18(17)20;1-7-2-3-9-8(5-11(12)13)6-14-10(9)4-7;1-3-9-6-8-4-5-10(9)11(2)7-8;2-1-3;;;;;;/h4,6,8,12,14-15,18H,3,5,7,9-11H2,1-2H3;4,6,10,13,15-16,19H,3,5,7-9,11-12H2,1-2H3;2-4,6H,5H2,1H3,(H,12,13);4-5,8-10H,3,6-7H2,1-2H3;;;;;;;/q;;;;;;+1;;;;-1. The molecule has 13 heteroatoms. The van der Waals surface area contributed by atoms with Crippen molar-refractivity contribution in [2.45, 2.75) is 143 Å². The first-order chi connectivity index (χ1) is 35.3. The number of hydrogen-bond donors (Lipinski definition) is 1. The van der Waals surface area contributed by atoms with E-state index in [1.54, 1.807) is 6.26 Å². The molecule has 3 aromatic carbocycles. The number of amides is 1. The number of aryl methyl sites for hydroxylation is 3. The molecule has 6 aromatic rings. The molecule has 1 N–H and O–H groups in total. The number of hydrogen-bond acceptors (Lipinski definition) is 9. The Balaban J connectivity index is 0.000000188. The van der Waals surface area contributed by atoms with Crippen LogP contribution in [0.3, 0.4) is 0 Å². The monoisotopic (exact) mass is 1030 g/mol. The number of aliphatic carboxylic acids is 1. The van der Waals surface area contributed by atoms with E-state index in [2.05, 4.69) is 98.8 Å². The Morgan fingerprint density at radius 3 is 1.59 bits per heavy atom. The van der Waals surface area contributed by atoms with Crippen molar-refractivity contribution in [1.82, 2.24) is 14.7 Å². The number of likely N-dealkylation sites (N-methyl/N-ethyl adjacent to an activating group) is 1. The predicted octanol–water partition coefficient (Wildman–Crippen LogP) is 8.74. The molecule has 5 saturated heterocycles. The first-order valence-electron chi connectivity index (χ1n) is 27.3. The minimum atomic E-state index is -0.840. The molecular weight excluding hydrogens is 949 g/mol. The number of carbonyl (C=O) groups excluding carboxylic acids is 3. The fourth-order valence-electron chi connectivity index (χ4n) is 13.5. The smallest absolute Gasteiger partial charge is 1.00 e. The SMILES string of the molecule is CCC1CC2C=CC1N(C)C2.CCC1CC2CCC1N(C(=O)Cc1coc3cc(C)ccc13)C2.CCC1CC2CCC1N(CCc1coc3cc(C)ccc13)C2.Cc1ccc2c(CC(=O)O)coc2c1.O=C=O.[AlH3].[H-].[Li+]. The summed E-state index contributed by atoms with van der Waals surface area (Å²) in [7, 11) is 2.25. The van der Waals surface area contributed by atoms with Crippen LogP contribution in [0.15, 0.2) is 98.8 Å². The molecule has 9 unspecified atom stereocenters. The molecule has 9 heterocycles. The summed E-state index contributed by atoms with van der Waals surface area (Å²) in [6.45, 7) is 17.9. The van der Waals surface area contributed by atoms with Crippen LogP contribution in [0, 0.1) is 56.3 Å². The van der Waals surface area contributed by atoms with Crippen molar-refractivity contribution in [2.75, 3.05) is 33.2 Å². The molecule has 15 rings (SSSR count). The van der Waals surface area contributed by atoms with Gasteiger partial charge in [0.05, 0.1) is 31.6 Å². The molecule has 9 atom stereocenters. The van der Waals surface area contributed by atoms with Crippen LogP contribution >= 0.6 is 0 Å². The maximum Gasteiger partial charge on any atom is 1.00 e. The molecule has 6 aliphatic heterocycles. The summed E-state index contributed by atoms with van der Waals surface area (Å²) < 4.78 is 16.7. The van der Waals surface area contributed by atoms with Gasteiger partial charge in [-0.05, 0) is 155 Å². The van der Waals surface area contributed by atoms with Crippen LogP contribution in [-0.4, -0.2) is 107 Å². The predicted molar refractivity (Wildman–Crippen MR) is 298 cm³/mol. The summed E-state index contributed by atoms with van der Waals surface area (Å²) in [4.78, 5) is 47.2. The number of furan rings is 3. The molecule has 7 fully saturated rings. The zero-order chi connectivity index (χ0) is 51.8. The van der Waals surface area contributed by atoms with Gasteiger partial charge in [-0.2, -0.15) is 9.59 Å². The Kier molecular flexibility index (Phi) is 22.0. The van der Waals surface area contributed by atoms with Gasteiger partial charge in [0, 0.05) is 71.6 Å². The van der Waals surface area contributed by atoms with Gasteiger partial charge in [0.2, 0.25) is 5.91 Å². The number of rotatable bonds is 10. The molecule has 2 saturated carbocycles. The number of carboxylic acids is 1. The molecule has 0 spiro atoms. The Labute approximate surface area is 469 Å². The zero-order valence-corrected chi connectivity index (χ0v) is 45.4. The average molecular weight is 1030 g/mol. The number of fused-ring (bicyclic) bond motifs is 11. The van der Waals surface area contributed by atoms with Crippen LogP contribution in [0.1, 0.15) is 120 Å². The van der Waals surface area contributed by atoms with E-state index in [0.29, 0.717) is 18.4 Å². The molecule has 3 aliphatic carbocycles. The van der Waals surface area contributed by atoms with Crippen molar-refractivity contribution in [3.05, 3.63) is 119 Å². The van der Waals surface area contributed by atoms with E-state index in [9.17, 15) is 9.59 Å². The maximum atomic E-state index is 12.9. The first-order valence-corrected chi connectivity index (χ1v) is 27.3. The van der Waals surface area contributed by atoms with Gasteiger partial charge >= 0.3 is 31.0 Å². The van der Waals surface area contributed by atoms with Crippen molar-refractivity contribution in [1.29, 1.82) is 0 Å². The third kappa shape index (κ3) is 14.5. The van der Waals surface area contributed by atoms with Crippen LogP contribution in [-0.2, 0) is 38.4 Å². The molecule has 398 valence electrons. The Bertz CT molecular complexity index is 2890. The number of carboxylic acid groups (broad SMARTS) is 1. The van der Waals surface area contributed by atoms with Gasteiger partial charge < -0.3 is 24.7 Å². The van der Waals surface area contributed by atoms with E-state index in [4.69, 9.17) is 27.9 Å². The molecule has 3 aromatic heterocycles. The van der Waals surface area contributed by atoms with E-state index >= 15 is 0 Å². The van der Waals surface area contributed by atoms with E-state index < -0.39 is 5.97 Å². The van der Waals surface area contributed by atoms with Crippen molar-refractivity contribution < 1.29 is 57.8 Å². The van der Waals surface area contributed by atoms with E-state index in [1.165, 1.54) is 112 Å². The summed E-state index contributed by atoms with van der Waals surface area (Å²) in [5.74, 6) is 4.55. The van der Waals surface area contributed by atoms with Crippen LogP contribution in [0.2, 0.25) is 0 Å². The molecule has 6 bridgehead atoms. The molecule has 1 amide bonds. The normalized spacial score (nSPS) is 25.1. The second kappa shape index (κ2) is 27.6. The molecule has 11 nitrogen and oxygen atoms in total. The van der Waals surface area contributed by atoms with Crippen molar-refractivity contribution in [2.24, 2.45) is 35.5 Å². The van der Waals surface area contributed by atoms with Crippen LogP contribution in [0.25, 0.3) is 32.9 Å². The minimum Gasteiger partial charge on any atom is -1.00 e. The third-order valence-electron chi connectivity index (χ3n) is 17.3. The third-order valence-corrected chi connectivity index (χ3v) is 17.3. The first kappa shape index (κ1) is 59.6. The Hall–Kier alpha value is -4.61. The topological polar surface area (TPSA) is 138 Å². The summed E-state index contributed by atoms with van der Waals surface area (Å²) in [6, 6.07) is 20.6. The number of nitrogens with zero attached hydrogens (tertiary/aromatic N) is 3. The van der Waals surface area contributed by atoms with Gasteiger partial charge in [0.1, 0.15) is 16.7 Å². The van der Waals surface area contributed by atoms with Gasteiger partial charge in [-0.1, -0.05) is 88.6 Å². The number of carbonyl (C=O) groups is 2. The second-order valence-electron chi connectivity index (χ2n) is 22.2. The Morgan fingerprint density at radius 1 is 0.640 bits per heavy atom. The van der Waals surface area contributed by atoms with Crippen LogP contribution in [0.4, 0.5) is 0 Å². The van der Waals surface area contributed by atoms with Crippen molar-refractivity contribution in [3.8, 4) is 0 Å². The van der Waals surface area contributed by atoms with Crippen molar-refractivity contribution >= 4 is 68.3 Å². The average Bonchev–Trinajstić information content (AvgIpc) is 4.12. The number of piperidine rings is 5. The molecule has 9 aliphatic rings. The fourth-order valence-corrected chi connectivity index (χ4v) is 13.5. The summed E-state index contributed by atoms with van der Waals surface area (Å²) in [5.41, 5.74) is 9.38. The second-order valence-corrected chi connectivity index (χ2v) is 22.2. The fraction of sp³-hybridized carbons (Fsp3) is 0.532. The summed E-state index contributed by atoms with van der Waals surface area (Å²) in [6.07, 6.45) is 25.4. The van der Waals surface area contributed by atoms with Gasteiger partial charge in [-0.3, -0.25) is 19.4 Å². The zero-order valence-electron chi connectivity index (χ0n) is 46.4. The van der Waals surface area contributed by atoms with E-state index in [0.717, 1.165) is 98.9 Å². The van der Waals surface area contributed by atoms with Crippen LogP contribution < -0.4 is 18.9 Å².